The van der Waals surface area contributed by atoms with E-state index in [9.17, 15) is 9.59 Å². The molecule has 1 aromatic rings. The van der Waals surface area contributed by atoms with Crippen molar-refractivity contribution in [3.05, 3.63) is 35.9 Å². The van der Waals surface area contributed by atoms with Crippen LogP contribution in [-0.4, -0.2) is 61.3 Å². The summed E-state index contributed by atoms with van der Waals surface area (Å²) >= 11 is 0. The molecule has 2 amide bonds. The number of likely N-dealkylation sites (tertiary alicyclic amines) is 1. The molecule has 7 heteroatoms. The van der Waals surface area contributed by atoms with Crippen LogP contribution in [0.4, 0.5) is 0 Å². The summed E-state index contributed by atoms with van der Waals surface area (Å²) in [4.78, 5) is 26.5. The van der Waals surface area contributed by atoms with Crippen LogP contribution in [0.1, 0.15) is 18.4 Å². The van der Waals surface area contributed by atoms with Gasteiger partial charge in [-0.05, 0) is 18.4 Å². The van der Waals surface area contributed by atoms with E-state index < -0.39 is 6.04 Å². The maximum Gasteiger partial charge on any atom is 0.237 e. The Hall–Kier alpha value is -1.96. The Bertz CT molecular complexity index is 587. The number of nitrogens with two attached hydrogens (primary N) is 1. The van der Waals surface area contributed by atoms with Crippen LogP contribution in [0.2, 0.25) is 0 Å². The van der Waals surface area contributed by atoms with Crippen molar-refractivity contribution < 1.29 is 19.1 Å². The number of hydrogen-bond acceptors (Lipinski definition) is 5. The Balaban J connectivity index is 1.69. The Labute approximate surface area is 147 Å². The fourth-order valence-electron chi connectivity index (χ4n) is 3.46. The number of benzene rings is 1. The highest BCUT2D eigenvalue weighted by Gasteiger charge is 2.40. The highest BCUT2D eigenvalue weighted by Crippen LogP contribution is 2.26. The lowest BCUT2D eigenvalue weighted by atomic mass is 10.1. The van der Waals surface area contributed by atoms with Gasteiger partial charge in [0.05, 0.1) is 44.6 Å². The molecule has 2 heterocycles. The van der Waals surface area contributed by atoms with Gasteiger partial charge in [-0.1, -0.05) is 30.3 Å². The molecule has 0 bridgehead atoms. The first kappa shape index (κ1) is 17.8. The minimum atomic E-state index is -0.419. The summed E-state index contributed by atoms with van der Waals surface area (Å²) in [6.45, 7) is 2.48. The molecule has 0 spiro atoms. The second-order valence-electron chi connectivity index (χ2n) is 6.52. The third-order valence-corrected chi connectivity index (χ3v) is 4.71. The largest absolute Gasteiger partial charge is 0.377 e. The van der Waals surface area contributed by atoms with Gasteiger partial charge in [0.2, 0.25) is 11.8 Å². The van der Waals surface area contributed by atoms with Gasteiger partial charge in [0.1, 0.15) is 0 Å². The number of nitrogens with one attached hydrogen (secondary N) is 1. The summed E-state index contributed by atoms with van der Waals surface area (Å²) in [7, 11) is 0. The van der Waals surface area contributed by atoms with Gasteiger partial charge in [-0.15, -0.1) is 0 Å². The van der Waals surface area contributed by atoms with Crippen molar-refractivity contribution in [2.24, 2.45) is 5.73 Å². The van der Waals surface area contributed by atoms with Crippen molar-refractivity contribution in [1.82, 2.24) is 10.2 Å². The van der Waals surface area contributed by atoms with Gasteiger partial charge in [-0.3, -0.25) is 14.5 Å². The topological polar surface area (TPSA) is 93.9 Å². The van der Waals surface area contributed by atoms with E-state index in [1.54, 1.807) is 0 Å². The molecule has 2 aliphatic rings. The molecule has 0 aliphatic carbocycles. The smallest absolute Gasteiger partial charge is 0.237 e. The van der Waals surface area contributed by atoms with E-state index in [4.69, 9.17) is 15.2 Å². The third-order valence-electron chi connectivity index (χ3n) is 4.71. The molecule has 136 valence electrons. The van der Waals surface area contributed by atoms with Crippen molar-refractivity contribution in [1.29, 1.82) is 0 Å². The van der Waals surface area contributed by atoms with Gasteiger partial charge >= 0.3 is 0 Å². The van der Waals surface area contributed by atoms with Gasteiger partial charge in [-0.25, -0.2) is 0 Å². The molecule has 0 radical (unpaired) electrons. The third kappa shape index (κ3) is 4.56. The van der Waals surface area contributed by atoms with Crippen LogP contribution in [0.5, 0.6) is 0 Å². The molecule has 3 rings (SSSR count). The molecule has 0 aromatic heterocycles. The van der Waals surface area contributed by atoms with Gasteiger partial charge in [-0.2, -0.15) is 0 Å². The number of carbonyl (C=O) groups is 2. The first-order chi connectivity index (χ1) is 12.1. The molecule has 1 aromatic carbocycles. The van der Waals surface area contributed by atoms with Crippen LogP contribution in [0.15, 0.2) is 30.3 Å². The molecule has 2 fully saturated rings. The van der Waals surface area contributed by atoms with Crippen LogP contribution in [0, 0.1) is 0 Å². The number of hydrogen-bond donors (Lipinski definition) is 2. The number of amides is 2. The zero-order chi connectivity index (χ0) is 17.6. The van der Waals surface area contributed by atoms with E-state index in [0.29, 0.717) is 45.8 Å². The van der Waals surface area contributed by atoms with Crippen molar-refractivity contribution in [3.63, 3.8) is 0 Å². The lowest BCUT2D eigenvalue weighted by molar-refractivity contribution is -0.129. The highest BCUT2D eigenvalue weighted by atomic mass is 16.5. The average Bonchev–Trinajstić information content (AvgIpc) is 2.85. The van der Waals surface area contributed by atoms with Gasteiger partial charge < -0.3 is 20.5 Å². The molecule has 2 atom stereocenters. The second kappa shape index (κ2) is 8.42. The maximum absolute atomic E-state index is 12.8. The van der Waals surface area contributed by atoms with Crippen molar-refractivity contribution >= 4 is 11.8 Å². The first-order valence-electron chi connectivity index (χ1n) is 8.70. The number of ether oxygens (including phenoxy) is 2. The van der Waals surface area contributed by atoms with E-state index in [2.05, 4.69) is 5.32 Å². The monoisotopic (exact) mass is 347 g/mol. The lowest BCUT2D eigenvalue weighted by Crippen LogP contribution is -2.52. The molecule has 2 saturated heterocycles. The summed E-state index contributed by atoms with van der Waals surface area (Å²) in [5, 5.41) is 2.99. The van der Waals surface area contributed by atoms with Crippen molar-refractivity contribution in [2.45, 2.75) is 37.5 Å². The molecule has 25 heavy (non-hydrogen) atoms. The van der Waals surface area contributed by atoms with E-state index in [0.717, 1.165) is 5.56 Å². The number of rotatable bonds is 5. The Kier molecular flexibility index (Phi) is 6.01. The fourth-order valence-corrected chi connectivity index (χ4v) is 3.46. The quantitative estimate of drug-likeness (QED) is 0.784. The molecule has 3 N–H and O–H groups in total. The zero-order valence-corrected chi connectivity index (χ0v) is 14.2. The van der Waals surface area contributed by atoms with Gasteiger partial charge in [0.15, 0.2) is 0 Å². The van der Waals surface area contributed by atoms with E-state index in [1.807, 2.05) is 35.2 Å². The number of primary amides is 1. The predicted octanol–water partition coefficient (Wildman–Crippen LogP) is 0.0365. The molecular formula is C18H25N3O4. The van der Waals surface area contributed by atoms with Gasteiger partial charge in [0.25, 0.3) is 0 Å². The first-order valence-corrected chi connectivity index (χ1v) is 8.70. The standard InChI is InChI=1S/C18H25N3O4/c19-17(22)15-6-7-16(21(15)10-13-4-2-1-3-5-13)18(23)20-14-11-24-8-9-25-12-14/h1-5,14-16H,6-12H2,(H2,19,22)(H,20,23)/t15-,16+/m0/s1. The Morgan fingerprint density at radius 2 is 1.72 bits per heavy atom. The average molecular weight is 347 g/mol. The van der Waals surface area contributed by atoms with Gasteiger partial charge in [0, 0.05) is 6.54 Å². The van der Waals surface area contributed by atoms with Crippen LogP contribution in [0.25, 0.3) is 0 Å². The number of carbonyl (C=O) groups excluding carboxylic acids is 2. The van der Waals surface area contributed by atoms with Crippen LogP contribution < -0.4 is 11.1 Å². The number of nitrogens with zero attached hydrogens (tertiary/aromatic N) is 1. The molecule has 0 unspecified atom stereocenters. The van der Waals surface area contributed by atoms with E-state index in [-0.39, 0.29) is 23.9 Å². The molecule has 0 saturated carbocycles. The van der Waals surface area contributed by atoms with Crippen LogP contribution in [-0.2, 0) is 25.6 Å². The Morgan fingerprint density at radius 3 is 2.36 bits per heavy atom. The predicted molar refractivity (Wildman–Crippen MR) is 91.6 cm³/mol. The normalized spacial score (nSPS) is 25.4. The fraction of sp³-hybridized carbons (Fsp3) is 0.556. The summed E-state index contributed by atoms with van der Waals surface area (Å²) < 4.78 is 10.9. The summed E-state index contributed by atoms with van der Waals surface area (Å²) in [6, 6.07) is 8.84. The zero-order valence-electron chi connectivity index (χ0n) is 14.2. The SMILES string of the molecule is NC(=O)[C@@H]1CC[C@H](C(=O)NC2COCCOC2)N1Cc1ccccc1. The molecule has 2 aliphatic heterocycles. The maximum atomic E-state index is 12.8. The minimum Gasteiger partial charge on any atom is -0.377 e. The van der Waals surface area contributed by atoms with Crippen LogP contribution >= 0.6 is 0 Å². The molecule has 7 nitrogen and oxygen atoms in total. The van der Waals surface area contributed by atoms with E-state index >= 15 is 0 Å². The van der Waals surface area contributed by atoms with Crippen molar-refractivity contribution in [2.75, 3.05) is 26.4 Å². The highest BCUT2D eigenvalue weighted by molar-refractivity contribution is 5.86. The van der Waals surface area contributed by atoms with E-state index in [1.165, 1.54) is 0 Å². The Morgan fingerprint density at radius 1 is 1.08 bits per heavy atom. The van der Waals surface area contributed by atoms with Crippen molar-refractivity contribution in [3.8, 4) is 0 Å². The summed E-state index contributed by atoms with van der Waals surface area (Å²) in [5.74, 6) is -0.480. The summed E-state index contributed by atoms with van der Waals surface area (Å²) in [5.41, 5.74) is 6.61. The molecular weight excluding hydrogens is 322 g/mol. The van der Waals surface area contributed by atoms with Crippen LogP contribution in [0.3, 0.4) is 0 Å². The summed E-state index contributed by atoms with van der Waals surface area (Å²) in [6.07, 6.45) is 1.21. The lowest BCUT2D eigenvalue weighted by Gasteiger charge is -2.29. The minimum absolute atomic E-state index is 0.0984. The second-order valence-corrected chi connectivity index (χ2v) is 6.52.